The van der Waals surface area contributed by atoms with Crippen LogP contribution in [0.4, 0.5) is 0 Å². The molecule has 0 bridgehead atoms. The quantitative estimate of drug-likeness (QED) is 0.754. The highest BCUT2D eigenvalue weighted by Gasteiger charge is 2.18. The van der Waals surface area contributed by atoms with Crippen molar-refractivity contribution in [3.05, 3.63) is 23.2 Å². The summed E-state index contributed by atoms with van der Waals surface area (Å²) in [4.78, 5) is 22.2. The Bertz CT molecular complexity index is 431. The fourth-order valence-electron chi connectivity index (χ4n) is 1.51. The van der Waals surface area contributed by atoms with Gasteiger partial charge in [0.15, 0.2) is 0 Å². The van der Waals surface area contributed by atoms with Crippen LogP contribution in [-0.4, -0.2) is 19.0 Å². The second kappa shape index (κ2) is 6.23. The molecule has 0 saturated heterocycles. The van der Waals surface area contributed by atoms with E-state index in [1.54, 1.807) is 6.07 Å². The minimum Gasteiger partial charge on any atom is -0.463 e. The summed E-state index contributed by atoms with van der Waals surface area (Å²) in [6.07, 6.45) is 0.674. The van der Waals surface area contributed by atoms with Crippen LogP contribution in [0, 0.1) is 5.92 Å². The summed E-state index contributed by atoms with van der Waals surface area (Å²) in [5.74, 6) is 0.264. The summed E-state index contributed by atoms with van der Waals surface area (Å²) < 4.78 is 15.0. The van der Waals surface area contributed by atoms with Gasteiger partial charge in [0, 0.05) is 18.9 Å². The Morgan fingerprint density at radius 3 is 2.56 bits per heavy atom. The first-order valence-corrected chi connectivity index (χ1v) is 5.77. The Labute approximate surface area is 106 Å². The molecule has 1 heterocycles. The lowest BCUT2D eigenvalue weighted by Gasteiger charge is -2.05. The number of esters is 2. The van der Waals surface area contributed by atoms with Gasteiger partial charge in [-0.3, -0.25) is 4.79 Å². The van der Waals surface area contributed by atoms with Gasteiger partial charge in [0.05, 0.1) is 7.11 Å². The van der Waals surface area contributed by atoms with Gasteiger partial charge in [0.2, 0.25) is 5.76 Å². The van der Waals surface area contributed by atoms with Crippen molar-refractivity contribution in [1.29, 1.82) is 0 Å². The number of carbonyl (C=O) groups is 2. The van der Waals surface area contributed by atoms with Crippen LogP contribution >= 0.6 is 0 Å². The molecule has 1 rings (SSSR count). The minimum absolute atomic E-state index is 0.109. The lowest BCUT2D eigenvalue weighted by molar-refractivity contribution is -0.142. The molecule has 1 aromatic rings. The van der Waals surface area contributed by atoms with E-state index in [0.717, 1.165) is 0 Å². The molecular weight excluding hydrogens is 236 g/mol. The van der Waals surface area contributed by atoms with Gasteiger partial charge >= 0.3 is 11.9 Å². The number of hydrogen-bond donors (Lipinski definition) is 0. The smallest absolute Gasteiger partial charge is 0.373 e. The van der Waals surface area contributed by atoms with Crippen molar-refractivity contribution in [3.63, 3.8) is 0 Å². The highest BCUT2D eigenvalue weighted by Crippen LogP contribution is 2.20. The number of carbonyl (C=O) groups excluding carboxylic acids is 2. The summed E-state index contributed by atoms with van der Waals surface area (Å²) in [6.45, 7) is 5.52. The first kappa shape index (κ1) is 14.3. The molecule has 0 saturated carbocycles. The molecule has 0 fully saturated rings. The number of furan rings is 1. The predicted octanol–water partition coefficient (Wildman–Crippen LogP) is 2.33. The largest absolute Gasteiger partial charge is 0.463 e. The van der Waals surface area contributed by atoms with E-state index in [1.165, 1.54) is 14.0 Å². The number of methoxy groups -OCH3 is 1. The first-order valence-electron chi connectivity index (χ1n) is 5.77. The molecule has 0 aromatic carbocycles. The molecule has 0 N–H and O–H groups in total. The van der Waals surface area contributed by atoms with Crippen LogP contribution in [0.15, 0.2) is 10.5 Å². The molecule has 0 spiro atoms. The summed E-state index contributed by atoms with van der Waals surface area (Å²) >= 11 is 0. The molecule has 0 aliphatic carbocycles. The SMILES string of the molecule is COC(=O)c1cc(COC(C)=O)c(CC(C)C)o1. The molecule has 0 radical (unpaired) electrons. The van der Waals surface area contributed by atoms with Crippen molar-refractivity contribution in [3.8, 4) is 0 Å². The van der Waals surface area contributed by atoms with Gasteiger partial charge in [-0.25, -0.2) is 4.79 Å². The normalized spacial score (nSPS) is 10.5. The van der Waals surface area contributed by atoms with Crippen LogP contribution in [0.25, 0.3) is 0 Å². The van der Waals surface area contributed by atoms with Crippen LogP contribution < -0.4 is 0 Å². The Morgan fingerprint density at radius 2 is 2.06 bits per heavy atom. The summed E-state index contributed by atoms with van der Waals surface area (Å²) in [7, 11) is 1.29. The predicted molar refractivity (Wildman–Crippen MR) is 64.1 cm³/mol. The van der Waals surface area contributed by atoms with Crippen LogP contribution in [0.2, 0.25) is 0 Å². The topological polar surface area (TPSA) is 65.7 Å². The second-order valence-electron chi connectivity index (χ2n) is 4.43. The Hall–Kier alpha value is -1.78. The number of rotatable bonds is 5. The van der Waals surface area contributed by atoms with E-state index in [0.29, 0.717) is 23.7 Å². The van der Waals surface area contributed by atoms with Crippen molar-refractivity contribution in [2.24, 2.45) is 5.92 Å². The molecule has 100 valence electrons. The maximum absolute atomic E-state index is 11.4. The minimum atomic E-state index is -0.533. The van der Waals surface area contributed by atoms with Crippen LogP contribution in [0.3, 0.4) is 0 Å². The van der Waals surface area contributed by atoms with E-state index < -0.39 is 5.97 Å². The fourth-order valence-corrected chi connectivity index (χ4v) is 1.51. The van der Waals surface area contributed by atoms with Crippen LogP contribution in [0.1, 0.15) is 42.6 Å². The Kier molecular flexibility index (Phi) is 4.95. The third-order valence-electron chi connectivity index (χ3n) is 2.31. The van der Waals surface area contributed by atoms with E-state index in [4.69, 9.17) is 9.15 Å². The van der Waals surface area contributed by atoms with Crippen molar-refractivity contribution >= 4 is 11.9 Å². The van der Waals surface area contributed by atoms with Gasteiger partial charge < -0.3 is 13.9 Å². The fraction of sp³-hybridized carbons (Fsp3) is 0.538. The van der Waals surface area contributed by atoms with Gasteiger partial charge in [-0.05, 0) is 12.0 Å². The summed E-state index contributed by atoms with van der Waals surface area (Å²) in [5, 5.41) is 0. The molecule has 1 aromatic heterocycles. The van der Waals surface area contributed by atoms with Crippen molar-refractivity contribution in [1.82, 2.24) is 0 Å². The molecule has 5 nitrogen and oxygen atoms in total. The van der Waals surface area contributed by atoms with E-state index in [1.807, 2.05) is 13.8 Å². The lowest BCUT2D eigenvalue weighted by atomic mass is 10.1. The average Bonchev–Trinajstić information content (AvgIpc) is 2.67. The van der Waals surface area contributed by atoms with Gasteiger partial charge in [0.25, 0.3) is 0 Å². The van der Waals surface area contributed by atoms with E-state index >= 15 is 0 Å². The molecule has 18 heavy (non-hydrogen) atoms. The molecule has 5 heteroatoms. The van der Waals surface area contributed by atoms with E-state index in [-0.39, 0.29) is 18.3 Å². The molecule has 0 amide bonds. The summed E-state index contributed by atoms with van der Waals surface area (Å²) in [5.41, 5.74) is 0.708. The highest BCUT2D eigenvalue weighted by atomic mass is 16.5. The molecule has 0 unspecified atom stereocenters. The third kappa shape index (κ3) is 3.91. The lowest BCUT2D eigenvalue weighted by Crippen LogP contribution is -2.01. The molecule has 0 aliphatic heterocycles. The average molecular weight is 254 g/mol. The van der Waals surface area contributed by atoms with Gasteiger partial charge in [0.1, 0.15) is 12.4 Å². The van der Waals surface area contributed by atoms with Crippen molar-refractivity contribution in [2.75, 3.05) is 7.11 Å². The maximum Gasteiger partial charge on any atom is 0.373 e. The molecule has 0 atom stereocenters. The zero-order chi connectivity index (χ0) is 13.7. The van der Waals surface area contributed by atoms with Crippen LogP contribution in [0.5, 0.6) is 0 Å². The zero-order valence-electron chi connectivity index (χ0n) is 11.1. The van der Waals surface area contributed by atoms with E-state index in [9.17, 15) is 9.59 Å². The Balaban J connectivity index is 2.92. The third-order valence-corrected chi connectivity index (χ3v) is 2.31. The number of ether oxygens (including phenoxy) is 2. The van der Waals surface area contributed by atoms with Gasteiger partial charge in [-0.2, -0.15) is 0 Å². The van der Waals surface area contributed by atoms with E-state index in [2.05, 4.69) is 4.74 Å². The monoisotopic (exact) mass is 254 g/mol. The van der Waals surface area contributed by atoms with Crippen molar-refractivity contribution in [2.45, 2.75) is 33.8 Å². The molecule has 0 aliphatic rings. The standard InChI is InChI=1S/C13H18O5/c1-8(2)5-11-10(7-17-9(3)14)6-12(18-11)13(15)16-4/h6,8H,5,7H2,1-4H3. The Morgan fingerprint density at radius 1 is 1.39 bits per heavy atom. The van der Waals surface area contributed by atoms with Crippen molar-refractivity contribution < 1.29 is 23.5 Å². The first-order chi connectivity index (χ1) is 8.43. The number of hydrogen-bond acceptors (Lipinski definition) is 5. The maximum atomic E-state index is 11.4. The van der Waals surface area contributed by atoms with Crippen LogP contribution in [-0.2, 0) is 27.3 Å². The van der Waals surface area contributed by atoms with Gasteiger partial charge in [-0.1, -0.05) is 13.8 Å². The summed E-state index contributed by atoms with van der Waals surface area (Å²) in [6, 6.07) is 1.56. The second-order valence-corrected chi connectivity index (χ2v) is 4.43. The highest BCUT2D eigenvalue weighted by molar-refractivity contribution is 5.86. The molecular formula is C13H18O5. The zero-order valence-corrected chi connectivity index (χ0v) is 11.1. The van der Waals surface area contributed by atoms with Gasteiger partial charge in [-0.15, -0.1) is 0 Å².